The predicted octanol–water partition coefficient (Wildman–Crippen LogP) is 2.84. The van der Waals surface area contributed by atoms with Gasteiger partial charge in [0, 0.05) is 11.8 Å². The summed E-state index contributed by atoms with van der Waals surface area (Å²) in [6, 6.07) is 11.4. The van der Waals surface area contributed by atoms with Crippen LogP contribution in [0.5, 0.6) is 5.75 Å². The number of hydrogen-bond donors (Lipinski definition) is 1. The summed E-state index contributed by atoms with van der Waals surface area (Å²) in [6.07, 6.45) is 1.68. The van der Waals surface area contributed by atoms with Crippen LogP contribution in [0.1, 0.15) is 13.8 Å². The van der Waals surface area contributed by atoms with E-state index in [1.165, 1.54) is 42.6 Å². The van der Waals surface area contributed by atoms with Crippen molar-refractivity contribution in [1.82, 2.24) is 9.78 Å². The molecule has 3 rings (SSSR count). The lowest BCUT2D eigenvalue weighted by molar-refractivity contribution is 0.0695. The highest BCUT2D eigenvalue weighted by Crippen LogP contribution is 2.28. The van der Waals surface area contributed by atoms with Crippen molar-refractivity contribution in [2.45, 2.75) is 24.8 Å². The Morgan fingerprint density at radius 3 is 2.42 bits per heavy atom. The first-order valence-corrected chi connectivity index (χ1v) is 11.5. The molecule has 164 valence electrons. The Kier molecular flexibility index (Phi) is 6.56. The summed E-state index contributed by atoms with van der Waals surface area (Å²) in [5, 5.41) is 14.3. The molecular formula is C22H23FN2O5S. The standard InChI is InChI=1S/C22H23FN2O5S/c1-14(2)20(26)13-30-21-19(15-7-9-18(10-8-15)31(3,28)29)12-24-25(22(21)27)17-6-4-5-16(23)11-17/h4-12,14,20,26H,13H2,1-3H3. The maximum absolute atomic E-state index is 13.6. The Morgan fingerprint density at radius 2 is 1.84 bits per heavy atom. The number of halogens is 1. The third kappa shape index (κ3) is 5.18. The molecular weight excluding hydrogens is 423 g/mol. The first-order valence-electron chi connectivity index (χ1n) is 9.57. The van der Waals surface area contributed by atoms with Crippen LogP contribution < -0.4 is 10.3 Å². The van der Waals surface area contributed by atoms with Gasteiger partial charge in [-0.05, 0) is 41.8 Å². The van der Waals surface area contributed by atoms with E-state index in [1.807, 2.05) is 13.8 Å². The highest BCUT2D eigenvalue weighted by atomic mass is 32.2. The Hall–Kier alpha value is -3.04. The summed E-state index contributed by atoms with van der Waals surface area (Å²) in [5.74, 6) is -0.694. The summed E-state index contributed by atoms with van der Waals surface area (Å²) in [5.41, 5.74) is 0.426. The van der Waals surface area contributed by atoms with Crippen LogP contribution in [0.4, 0.5) is 4.39 Å². The van der Waals surface area contributed by atoms with E-state index in [-0.39, 0.29) is 28.9 Å². The largest absolute Gasteiger partial charge is 0.485 e. The molecule has 7 nitrogen and oxygen atoms in total. The lowest BCUT2D eigenvalue weighted by atomic mass is 10.1. The van der Waals surface area contributed by atoms with Crippen molar-refractivity contribution in [2.24, 2.45) is 5.92 Å². The van der Waals surface area contributed by atoms with Gasteiger partial charge in [-0.1, -0.05) is 32.0 Å². The van der Waals surface area contributed by atoms with E-state index in [9.17, 15) is 22.7 Å². The van der Waals surface area contributed by atoms with Gasteiger partial charge in [0.15, 0.2) is 15.6 Å². The molecule has 1 N–H and O–H groups in total. The van der Waals surface area contributed by atoms with Crippen molar-refractivity contribution in [1.29, 1.82) is 0 Å². The molecule has 0 amide bonds. The molecule has 0 spiro atoms. The molecule has 1 unspecified atom stereocenters. The summed E-state index contributed by atoms with van der Waals surface area (Å²) < 4.78 is 43.8. The highest BCUT2D eigenvalue weighted by molar-refractivity contribution is 7.90. The Balaban J connectivity index is 2.11. The second-order valence-electron chi connectivity index (χ2n) is 7.50. The minimum Gasteiger partial charge on any atom is -0.485 e. The number of ether oxygens (including phenoxy) is 1. The van der Waals surface area contributed by atoms with Gasteiger partial charge in [-0.2, -0.15) is 9.78 Å². The number of benzene rings is 2. The fraction of sp³-hybridized carbons (Fsp3) is 0.273. The van der Waals surface area contributed by atoms with Crippen molar-refractivity contribution in [3.8, 4) is 22.6 Å². The van der Waals surface area contributed by atoms with Gasteiger partial charge in [-0.25, -0.2) is 12.8 Å². The quantitative estimate of drug-likeness (QED) is 0.599. The number of aromatic nitrogens is 2. The van der Waals surface area contributed by atoms with Crippen LogP contribution in [0.3, 0.4) is 0 Å². The van der Waals surface area contributed by atoms with E-state index in [0.717, 1.165) is 10.9 Å². The fourth-order valence-corrected chi connectivity index (χ4v) is 3.45. The number of nitrogens with zero attached hydrogens (tertiary/aromatic N) is 2. The Labute approximate surface area is 179 Å². The van der Waals surface area contributed by atoms with Crippen LogP contribution in [0, 0.1) is 11.7 Å². The maximum Gasteiger partial charge on any atom is 0.314 e. The Bertz CT molecular complexity index is 1240. The normalized spacial score (nSPS) is 12.7. The third-order valence-corrected chi connectivity index (χ3v) is 5.88. The first kappa shape index (κ1) is 22.6. The van der Waals surface area contributed by atoms with Crippen LogP contribution in [0.25, 0.3) is 16.8 Å². The summed E-state index contributed by atoms with van der Waals surface area (Å²) in [4.78, 5) is 13.3. The molecule has 0 radical (unpaired) electrons. The zero-order valence-electron chi connectivity index (χ0n) is 17.3. The number of hydrogen-bond acceptors (Lipinski definition) is 6. The van der Waals surface area contributed by atoms with Crippen molar-refractivity contribution in [3.63, 3.8) is 0 Å². The number of aliphatic hydroxyl groups is 1. The molecule has 0 saturated heterocycles. The van der Waals surface area contributed by atoms with Gasteiger partial charge in [0.25, 0.3) is 0 Å². The van der Waals surface area contributed by atoms with E-state index in [1.54, 1.807) is 12.1 Å². The number of rotatable bonds is 7. The second-order valence-corrected chi connectivity index (χ2v) is 9.52. The van der Waals surface area contributed by atoms with Crippen LogP contribution in [0.2, 0.25) is 0 Å². The molecule has 0 bridgehead atoms. The maximum atomic E-state index is 13.6. The second kappa shape index (κ2) is 8.99. The third-order valence-electron chi connectivity index (χ3n) is 4.75. The molecule has 1 atom stereocenters. The molecule has 3 aromatic rings. The van der Waals surface area contributed by atoms with Crippen molar-refractivity contribution < 1.29 is 22.7 Å². The molecule has 0 saturated carbocycles. The van der Waals surface area contributed by atoms with Gasteiger partial charge in [0.05, 0.1) is 22.9 Å². The van der Waals surface area contributed by atoms with Crippen molar-refractivity contribution in [2.75, 3.05) is 12.9 Å². The molecule has 0 aliphatic rings. The van der Waals surface area contributed by atoms with Crippen LogP contribution in [-0.2, 0) is 9.84 Å². The molecule has 0 aliphatic carbocycles. The minimum absolute atomic E-state index is 0.0777. The van der Waals surface area contributed by atoms with Crippen LogP contribution in [0.15, 0.2) is 64.4 Å². The van der Waals surface area contributed by atoms with E-state index in [0.29, 0.717) is 11.1 Å². The van der Waals surface area contributed by atoms with Crippen molar-refractivity contribution in [3.05, 3.63) is 70.9 Å². The van der Waals surface area contributed by atoms with Crippen LogP contribution in [-0.4, -0.2) is 42.3 Å². The zero-order valence-corrected chi connectivity index (χ0v) is 18.1. The van der Waals surface area contributed by atoms with Crippen molar-refractivity contribution >= 4 is 9.84 Å². The molecule has 1 aromatic heterocycles. The first-order chi connectivity index (χ1) is 14.6. The smallest absolute Gasteiger partial charge is 0.314 e. The number of sulfone groups is 1. The number of aliphatic hydroxyl groups excluding tert-OH is 1. The van der Waals surface area contributed by atoms with E-state index in [4.69, 9.17) is 4.74 Å². The minimum atomic E-state index is -3.38. The molecule has 9 heteroatoms. The average molecular weight is 447 g/mol. The molecule has 0 fully saturated rings. The lowest BCUT2D eigenvalue weighted by Crippen LogP contribution is -2.28. The summed E-state index contributed by atoms with van der Waals surface area (Å²) in [6.45, 7) is 3.50. The van der Waals surface area contributed by atoms with Gasteiger partial charge in [0.1, 0.15) is 12.4 Å². The van der Waals surface area contributed by atoms with E-state index < -0.39 is 27.3 Å². The molecule has 31 heavy (non-hydrogen) atoms. The molecule has 1 heterocycles. The lowest BCUT2D eigenvalue weighted by Gasteiger charge is -2.18. The molecule has 2 aromatic carbocycles. The fourth-order valence-electron chi connectivity index (χ4n) is 2.82. The van der Waals surface area contributed by atoms with E-state index >= 15 is 0 Å². The van der Waals surface area contributed by atoms with Gasteiger partial charge in [0.2, 0.25) is 0 Å². The highest BCUT2D eigenvalue weighted by Gasteiger charge is 2.19. The predicted molar refractivity (Wildman–Crippen MR) is 115 cm³/mol. The monoisotopic (exact) mass is 446 g/mol. The van der Waals surface area contributed by atoms with Gasteiger partial charge >= 0.3 is 5.56 Å². The summed E-state index contributed by atoms with van der Waals surface area (Å²) in [7, 11) is -3.38. The average Bonchev–Trinajstić information content (AvgIpc) is 2.71. The Morgan fingerprint density at radius 1 is 1.16 bits per heavy atom. The van der Waals surface area contributed by atoms with E-state index in [2.05, 4.69) is 5.10 Å². The summed E-state index contributed by atoms with van der Waals surface area (Å²) >= 11 is 0. The zero-order chi connectivity index (χ0) is 22.8. The van der Waals surface area contributed by atoms with Gasteiger partial charge < -0.3 is 9.84 Å². The SMILES string of the molecule is CC(C)C(O)COc1c(-c2ccc(S(C)(=O)=O)cc2)cnn(-c2cccc(F)c2)c1=O. The van der Waals surface area contributed by atoms with Gasteiger partial charge in [-0.3, -0.25) is 4.79 Å². The van der Waals surface area contributed by atoms with Gasteiger partial charge in [-0.15, -0.1) is 0 Å². The topological polar surface area (TPSA) is 98.5 Å². The van der Waals surface area contributed by atoms with Crippen LogP contribution >= 0.6 is 0 Å². The molecule has 0 aliphatic heterocycles.